The Kier molecular flexibility index (Phi) is 4.89. The van der Waals surface area contributed by atoms with Gasteiger partial charge in [-0.3, -0.25) is 0 Å². The molecule has 0 amide bonds. The minimum absolute atomic E-state index is 0.128. The highest BCUT2D eigenvalue weighted by Crippen LogP contribution is 2.41. The van der Waals surface area contributed by atoms with E-state index in [2.05, 4.69) is 38.0 Å². The maximum absolute atomic E-state index is 12.9. The lowest BCUT2D eigenvalue weighted by Crippen LogP contribution is -2.44. The van der Waals surface area contributed by atoms with E-state index in [0.717, 1.165) is 32.1 Å². The monoisotopic (exact) mass is 422 g/mol. The molecule has 0 aromatic carbocycles. The van der Waals surface area contributed by atoms with Gasteiger partial charge in [-0.05, 0) is 43.1 Å². The van der Waals surface area contributed by atoms with E-state index in [-0.39, 0.29) is 11.7 Å². The number of hydrogen-bond acceptors (Lipinski definition) is 7. The van der Waals surface area contributed by atoms with Crippen molar-refractivity contribution in [3.05, 3.63) is 48.3 Å². The smallest absolute Gasteiger partial charge is 0.373 e. The Morgan fingerprint density at radius 3 is 2.79 bits per heavy atom. The molecule has 4 rings (SSSR count). The molecule has 0 radical (unpaired) electrons. The highest BCUT2D eigenvalue weighted by atomic mass is 32.1. The van der Waals surface area contributed by atoms with Crippen LogP contribution < -0.4 is 20.4 Å². The van der Waals surface area contributed by atoms with Crippen LogP contribution in [0.15, 0.2) is 42.6 Å². The number of alkyl halides is 3. The van der Waals surface area contributed by atoms with Crippen LogP contribution >= 0.6 is 11.5 Å². The standard InChI is InChI=1S/C19H21F3N6S/c1-11(23-12(2)19(20,21)22)15-4-5-16-18(25-15)28(14-6-8-27(16)10-14)13(3)24-17-7-9-29-26-17/h4-5,7,9,12,14,23H,1,3,6,8,10H2,2H3,(H,24,26)/t12-,14+/m1/s1. The third-order valence-electron chi connectivity index (χ3n) is 5.14. The van der Waals surface area contributed by atoms with Gasteiger partial charge in [-0.2, -0.15) is 17.5 Å². The SMILES string of the molecule is C=C(N[C@H](C)C(F)(F)F)c1ccc2c(n1)N(C(=C)Nc1ccsn1)[C@H]1CCN2C1. The van der Waals surface area contributed by atoms with E-state index in [9.17, 15) is 13.2 Å². The average Bonchev–Trinajstić information content (AvgIpc) is 3.31. The summed E-state index contributed by atoms with van der Waals surface area (Å²) < 4.78 is 42.9. The first-order valence-corrected chi connectivity index (χ1v) is 10.0. The van der Waals surface area contributed by atoms with Crippen molar-refractivity contribution in [2.24, 2.45) is 0 Å². The fraction of sp³-hybridized carbons (Fsp3) is 0.368. The summed E-state index contributed by atoms with van der Waals surface area (Å²) in [7, 11) is 0. The molecule has 1 fully saturated rings. The molecule has 2 N–H and O–H groups in total. The van der Waals surface area contributed by atoms with E-state index in [4.69, 9.17) is 0 Å². The van der Waals surface area contributed by atoms with Crippen molar-refractivity contribution in [3.63, 3.8) is 0 Å². The van der Waals surface area contributed by atoms with Gasteiger partial charge in [0.2, 0.25) is 0 Å². The second-order valence-corrected chi connectivity index (χ2v) is 7.81. The molecule has 2 aromatic heterocycles. The molecule has 154 valence electrons. The number of nitrogens with one attached hydrogen (secondary N) is 2. The van der Waals surface area contributed by atoms with Crippen molar-refractivity contribution in [2.45, 2.75) is 31.6 Å². The van der Waals surface area contributed by atoms with Crippen LogP contribution in [0.2, 0.25) is 0 Å². The molecule has 0 unspecified atom stereocenters. The second-order valence-electron chi connectivity index (χ2n) is 7.14. The molecule has 4 heterocycles. The van der Waals surface area contributed by atoms with Crippen LogP contribution in [0.4, 0.5) is 30.5 Å². The van der Waals surface area contributed by atoms with E-state index in [1.165, 1.54) is 11.5 Å². The first-order chi connectivity index (χ1) is 13.7. The van der Waals surface area contributed by atoms with Crippen LogP contribution in [0.25, 0.3) is 5.70 Å². The Labute approximate surface area is 170 Å². The highest BCUT2D eigenvalue weighted by molar-refractivity contribution is 7.03. The first kappa shape index (κ1) is 19.6. The van der Waals surface area contributed by atoms with E-state index in [0.29, 0.717) is 23.2 Å². The zero-order chi connectivity index (χ0) is 20.8. The molecule has 0 spiro atoms. The van der Waals surface area contributed by atoms with Crippen molar-refractivity contribution in [3.8, 4) is 0 Å². The van der Waals surface area contributed by atoms with Crippen molar-refractivity contribution in [2.75, 3.05) is 28.2 Å². The summed E-state index contributed by atoms with van der Waals surface area (Å²) in [5, 5.41) is 7.47. The zero-order valence-electron chi connectivity index (χ0n) is 15.8. The lowest BCUT2D eigenvalue weighted by Gasteiger charge is -2.38. The van der Waals surface area contributed by atoms with Gasteiger partial charge in [-0.25, -0.2) is 4.98 Å². The van der Waals surface area contributed by atoms with Crippen LogP contribution in [0.5, 0.6) is 0 Å². The Morgan fingerprint density at radius 1 is 1.31 bits per heavy atom. The predicted octanol–water partition coefficient (Wildman–Crippen LogP) is 4.03. The van der Waals surface area contributed by atoms with Gasteiger partial charge in [0.15, 0.2) is 5.82 Å². The quantitative estimate of drug-likeness (QED) is 0.733. The number of rotatable bonds is 6. The van der Waals surface area contributed by atoms with Crippen LogP contribution in [-0.4, -0.2) is 40.7 Å². The van der Waals surface area contributed by atoms with E-state index >= 15 is 0 Å². The van der Waals surface area contributed by atoms with Crippen molar-refractivity contribution < 1.29 is 13.2 Å². The Hall–Kier alpha value is -2.75. The molecule has 2 bridgehead atoms. The van der Waals surface area contributed by atoms with Gasteiger partial charge in [-0.1, -0.05) is 13.2 Å². The first-order valence-electron chi connectivity index (χ1n) is 9.18. The number of aromatic nitrogens is 2. The fourth-order valence-electron chi connectivity index (χ4n) is 3.63. The van der Waals surface area contributed by atoms with Gasteiger partial charge in [0, 0.05) is 18.5 Å². The molecule has 6 nitrogen and oxygen atoms in total. The summed E-state index contributed by atoms with van der Waals surface area (Å²) in [5.74, 6) is 1.99. The van der Waals surface area contributed by atoms with Gasteiger partial charge < -0.3 is 20.4 Å². The fourth-order valence-corrected chi connectivity index (χ4v) is 4.10. The number of halogens is 3. The normalized spacial score (nSPS) is 19.0. The molecule has 2 atom stereocenters. The van der Waals surface area contributed by atoms with Crippen LogP contribution in [0, 0.1) is 0 Å². The summed E-state index contributed by atoms with van der Waals surface area (Å²) in [6.07, 6.45) is -3.42. The average molecular weight is 422 g/mol. The minimum atomic E-state index is -4.36. The third kappa shape index (κ3) is 3.76. The van der Waals surface area contributed by atoms with Gasteiger partial charge in [0.05, 0.1) is 23.1 Å². The van der Waals surface area contributed by atoms with Crippen LogP contribution in [-0.2, 0) is 0 Å². The predicted molar refractivity (Wildman–Crippen MR) is 110 cm³/mol. The maximum Gasteiger partial charge on any atom is 0.408 e. The lowest BCUT2D eigenvalue weighted by atomic mass is 10.1. The molecule has 0 saturated carbocycles. The molecule has 2 aliphatic rings. The molecular formula is C19H21F3N6S. The van der Waals surface area contributed by atoms with Crippen molar-refractivity contribution >= 4 is 34.6 Å². The summed E-state index contributed by atoms with van der Waals surface area (Å²) in [4.78, 5) is 8.91. The molecule has 29 heavy (non-hydrogen) atoms. The van der Waals surface area contributed by atoms with Crippen LogP contribution in [0.1, 0.15) is 19.0 Å². The highest BCUT2D eigenvalue weighted by Gasteiger charge is 2.39. The third-order valence-corrected chi connectivity index (χ3v) is 5.70. The van der Waals surface area contributed by atoms with E-state index in [1.54, 1.807) is 6.07 Å². The van der Waals surface area contributed by atoms with Crippen molar-refractivity contribution in [1.29, 1.82) is 0 Å². The molecule has 2 aliphatic heterocycles. The summed E-state index contributed by atoms with van der Waals surface area (Å²) in [5.41, 5.74) is 1.43. The summed E-state index contributed by atoms with van der Waals surface area (Å²) in [6, 6.07) is 3.90. The minimum Gasteiger partial charge on any atom is -0.373 e. The molecule has 10 heteroatoms. The van der Waals surface area contributed by atoms with Gasteiger partial charge in [-0.15, -0.1) is 0 Å². The van der Waals surface area contributed by atoms with Gasteiger partial charge >= 0.3 is 6.18 Å². The van der Waals surface area contributed by atoms with Gasteiger partial charge in [0.1, 0.15) is 17.7 Å². The molecule has 2 aromatic rings. The Balaban J connectivity index is 1.63. The number of nitrogens with zero attached hydrogens (tertiary/aromatic N) is 4. The summed E-state index contributed by atoms with van der Waals surface area (Å²) in [6.45, 7) is 10.7. The number of fused-ring (bicyclic) bond motifs is 4. The second kappa shape index (κ2) is 7.25. The molecule has 1 saturated heterocycles. The lowest BCUT2D eigenvalue weighted by molar-refractivity contribution is -0.148. The van der Waals surface area contributed by atoms with Crippen LogP contribution in [0.3, 0.4) is 0 Å². The van der Waals surface area contributed by atoms with Gasteiger partial charge in [0.25, 0.3) is 0 Å². The Morgan fingerprint density at radius 2 is 2.10 bits per heavy atom. The summed E-state index contributed by atoms with van der Waals surface area (Å²) >= 11 is 1.33. The number of hydrogen-bond donors (Lipinski definition) is 2. The van der Waals surface area contributed by atoms with Crippen molar-refractivity contribution in [1.82, 2.24) is 14.7 Å². The largest absolute Gasteiger partial charge is 0.408 e. The zero-order valence-corrected chi connectivity index (χ0v) is 16.6. The van der Waals surface area contributed by atoms with E-state index < -0.39 is 12.2 Å². The number of anilines is 3. The van der Waals surface area contributed by atoms with E-state index in [1.807, 2.05) is 22.4 Å². The maximum atomic E-state index is 12.9. The Bertz CT molecular complexity index is 927. The molecular weight excluding hydrogens is 401 g/mol. The molecule has 0 aliphatic carbocycles. The topological polar surface area (TPSA) is 56.3 Å². The number of pyridine rings is 1.